The van der Waals surface area contributed by atoms with Crippen LogP contribution in [0.25, 0.3) is 0 Å². The Morgan fingerprint density at radius 1 is 1.40 bits per heavy atom. The number of hydrogen-bond acceptors (Lipinski definition) is 2. The van der Waals surface area contributed by atoms with E-state index in [1.807, 2.05) is 31.5 Å². The SMILES string of the molecule is Cc1cc(C)n(C(C)CC(=O)Nc2ccccc2F)n1. The standard InChI is InChI=1S/C15H18FN3O/c1-10-8-11(2)19(18-10)12(3)9-15(20)17-14-7-5-4-6-13(14)16/h4-8,12H,9H2,1-3H3,(H,17,20). The molecule has 0 saturated heterocycles. The molecule has 0 aliphatic rings. The first kappa shape index (κ1) is 14.2. The van der Waals surface area contributed by atoms with Gasteiger partial charge in [-0.25, -0.2) is 4.39 Å². The predicted molar refractivity (Wildman–Crippen MR) is 76.1 cm³/mol. The monoisotopic (exact) mass is 275 g/mol. The summed E-state index contributed by atoms with van der Waals surface area (Å²) in [4.78, 5) is 11.9. The van der Waals surface area contributed by atoms with E-state index >= 15 is 0 Å². The van der Waals surface area contributed by atoms with E-state index in [9.17, 15) is 9.18 Å². The summed E-state index contributed by atoms with van der Waals surface area (Å²) >= 11 is 0. The number of benzene rings is 1. The van der Waals surface area contributed by atoms with E-state index in [4.69, 9.17) is 0 Å². The van der Waals surface area contributed by atoms with E-state index in [2.05, 4.69) is 10.4 Å². The van der Waals surface area contributed by atoms with Crippen molar-refractivity contribution in [3.63, 3.8) is 0 Å². The maximum absolute atomic E-state index is 13.4. The molecule has 1 aromatic heterocycles. The molecule has 0 aliphatic heterocycles. The molecular formula is C15H18FN3O. The fourth-order valence-electron chi connectivity index (χ4n) is 2.21. The summed E-state index contributed by atoms with van der Waals surface area (Å²) < 4.78 is 15.3. The van der Waals surface area contributed by atoms with Crippen LogP contribution >= 0.6 is 0 Å². The highest BCUT2D eigenvalue weighted by Gasteiger charge is 2.15. The number of carbonyl (C=O) groups is 1. The second kappa shape index (κ2) is 5.86. The van der Waals surface area contributed by atoms with Gasteiger partial charge in [-0.15, -0.1) is 0 Å². The average Bonchev–Trinajstić information content (AvgIpc) is 2.71. The first-order chi connectivity index (χ1) is 9.47. The number of amides is 1. The highest BCUT2D eigenvalue weighted by Crippen LogP contribution is 2.17. The van der Waals surface area contributed by atoms with Crippen LogP contribution in [0.1, 0.15) is 30.8 Å². The number of nitrogens with one attached hydrogen (secondary N) is 1. The van der Waals surface area contributed by atoms with Gasteiger partial charge in [0.2, 0.25) is 5.91 Å². The van der Waals surface area contributed by atoms with Gasteiger partial charge < -0.3 is 5.32 Å². The van der Waals surface area contributed by atoms with Gasteiger partial charge in [0.15, 0.2) is 0 Å². The molecule has 106 valence electrons. The van der Waals surface area contributed by atoms with Crippen molar-refractivity contribution >= 4 is 11.6 Å². The zero-order valence-corrected chi connectivity index (χ0v) is 11.9. The third kappa shape index (κ3) is 3.23. The van der Waals surface area contributed by atoms with Crippen molar-refractivity contribution in [3.05, 3.63) is 47.5 Å². The van der Waals surface area contributed by atoms with E-state index in [1.54, 1.807) is 18.2 Å². The number of halogens is 1. The summed E-state index contributed by atoms with van der Waals surface area (Å²) in [7, 11) is 0. The Morgan fingerprint density at radius 3 is 2.70 bits per heavy atom. The zero-order valence-electron chi connectivity index (χ0n) is 11.9. The Morgan fingerprint density at radius 2 is 2.10 bits per heavy atom. The molecule has 1 heterocycles. The predicted octanol–water partition coefficient (Wildman–Crippen LogP) is 3.23. The fourth-order valence-corrected chi connectivity index (χ4v) is 2.21. The van der Waals surface area contributed by atoms with Crippen molar-refractivity contribution in [1.29, 1.82) is 0 Å². The highest BCUT2D eigenvalue weighted by atomic mass is 19.1. The van der Waals surface area contributed by atoms with Gasteiger partial charge in [-0.2, -0.15) is 5.10 Å². The molecule has 1 atom stereocenters. The van der Waals surface area contributed by atoms with Crippen LogP contribution < -0.4 is 5.32 Å². The number of nitrogens with zero attached hydrogens (tertiary/aromatic N) is 2. The third-order valence-corrected chi connectivity index (χ3v) is 3.09. The normalized spacial score (nSPS) is 12.2. The lowest BCUT2D eigenvalue weighted by molar-refractivity contribution is -0.116. The summed E-state index contributed by atoms with van der Waals surface area (Å²) in [5, 5.41) is 6.93. The average molecular weight is 275 g/mol. The lowest BCUT2D eigenvalue weighted by Crippen LogP contribution is -2.19. The molecular weight excluding hydrogens is 257 g/mol. The molecule has 1 amide bonds. The van der Waals surface area contributed by atoms with Gasteiger partial charge in [0.25, 0.3) is 0 Å². The fraction of sp³-hybridized carbons (Fsp3) is 0.333. The summed E-state index contributed by atoms with van der Waals surface area (Å²) in [5.74, 6) is -0.658. The number of rotatable bonds is 4. The number of aromatic nitrogens is 2. The number of hydrogen-bond donors (Lipinski definition) is 1. The summed E-state index contributed by atoms with van der Waals surface area (Å²) in [6.07, 6.45) is 0.246. The van der Waals surface area contributed by atoms with E-state index in [0.717, 1.165) is 11.4 Å². The summed E-state index contributed by atoms with van der Waals surface area (Å²) in [6.45, 7) is 5.78. The van der Waals surface area contributed by atoms with Crippen LogP contribution in [0.3, 0.4) is 0 Å². The number of carbonyl (C=O) groups excluding carboxylic acids is 1. The van der Waals surface area contributed by atoms with Gasteiger partial charge in [-0.05, 0) is 39.0 Å². The Hall–Kier alpha value is -2.17. The quantitative estimate of drug-likeness (QED) is 0.931. The molecule has 2 rings (SSSR count). The van der Waals surface area contributed by atoms with Crippen molar-refractivity contribution in [2.45, 2.75) is 33.2 Å². The maximum atomic E-state index is 13.4. The molecule has 0 bridgehead atoms. The number of anilines is 1. The summed E-state index contributed by atoms with van der Waals surface area (Å²) in [5.41, 5.74) is 2.13. The van der Waals surface area contributed by atoms with Gasteiger partial charge in [0, 0.05) is 12.1 Å². The van der Waals surface area contributed by atoms with E-state index < -0.39 is 5.82 Å². The Kier molecular flexibility index (Phi) is 4.17. The molecule has 0 spiro atoms. The minimum absolute atomic E-state index is 0.0736. The molecule has 0 saturated carbocycles. The van der Waals surface area contributed by atoms with Crippen LogP contribution in [-0.4, -0.2) is 15.7 Å². The highest BCUT2D eigenvalue weighted by molar-refractivity contribution is 5.91. The van der Waals surface area contributed by atoms with Crippen LogP contribution in [0.4, 0.5) is 10.1 Å². The Labute approximate surface area is 117 Å². The Balaban J connectivity index is 2.01. The molecule has 1 unspecified atom stereocenters. The van der Waals surface area contributed by atoms with Crippen LogP contribution in [0.15, 0.2) is 30.3 Å². The minimum atomic E-state index is -0.431. The largest absolute Gasteiger partial charge is 0.324 e. The second-order valence-electron chi connectivity index (χ2n) is 4.95. The van der Waals surface area contributed by atoms with Gasteiger partial charge in [-0.3, -0.25) is 9.48 Å². The van der Waals surface area contributed by atoms with Gasteiger partial charge >= 0.3 is 0 Å². The number of para-hydroxylation sites is 1. The molecule has 0 radical (unpaired) electrons. The topological polar surface area (TPSA) is 46.9 Å². The number of aryl methyl sites for hydroxylation is 2. The molecule has 0 aliphatic carbocycles. The second-order valence-corrected chi connectivity index (χ2v) is 4.95. The van der Waals surface area contributed by atoms with Gasteiger partial charge in [0.05, 0.1) is 17.4 Å². The molecule has 4 nitrogen and oxygen atoms in total. The van der Waals surface area contributed by atoms with E-state index in [-0.39, 0.29) is 24.1 Å². The smallest absolute Gasteiger partial charge is 0.226 e. The van der Waals surface area contributed by atoms with Crippen LogP contribution in [0.2, 0.25) is 0 Å². The van der Waals surface area contributed by atoms with Crippen molar-refractivity contribution in [1.82, 2.24) is 9.78 Å². The van der Waals surface area contributed by atoms with Crippen molar-refractivity contribution in [3.8, 4) is 0 Å². The van der Waals surface area contributed by atoms with Gasteiger partial charge in [-0.1, -0.05) is 12.1 Å². The van der Waals surface area contributed by atoms with Crippen LogP contribution in [-0.2, 0) is 4.79 Å². The van der Waals surface area contributed by atoms with E-state index in [0.29, 0.717) is 0 Å². The third-order valence-electron chi connectivity index (χ3n) is 3.09. The van der Waals surface area contributed by atoms with Crippen molar-refractivity contribution in [2.75, 3.05) is 5.32 Å². The molecule has 1 aromatic carbocycles. The van der Waals surface area contributed by atoms with E-state index in [1.165, 1.54) is 6.07 Å². The van der Waals surface area contributed by atoms with Crippen LogP contribution in [0.5, 0.6) is 0 Å². The summed E-state index contributed by atoms with van der Waals surface area (Å²) in [6, 6.07) is 8.02. The first-order valence-corrected chi connectivity index (χ1v) is 6.54. The first-order valence-electron chi connectivity index (χ1n) is 6.54. The minimum Gasteiger partial charge on any atom is -0.324 e. The molecule has 20 heavy (non-hydrogen) atoms. The lowest BCUT2D eigenvalue weighted by atomic mass is 10.2. The maximum Gasteiger partial charge on any atom is 0.226 e. The molecule has 5 heteroatoms. The molecule has 2 aromatic rings. The Bertz CT molecular complexity index is 621. The van der Waals surface area contributed by atoms with Crippen molar-refractivity contribution in [2.24, 2.45) is 0 Å². The van der Waals surface area contributed by atoms with Gasteiger partial charge in [0.1, 0.15) is 5.82 Å². The zero-order chi connectivity index (χ0) is 14.7. The van der Waals surface area contributed by atoms with Crippen LogP contribution in [0, 0.1) is 19.7 Å². The lowest BCUT2D eigenvalue weighted by Gasteiger charge is -2.14. The molecule has 0 fully saturated rings. The van der Waals surface area contributed by atoms with Crippen molar-refractivity contribution < 1.29 is 9.18 Å². The molecule has 1 N–H and O–H groups in total.